The molecular weight excluding hydrogens is 308 g/mol. The van der Waals surface area contributed by atoms with E-state index in [4.69, 9.17) is 0 Å². The minimum atomic E-state index is 0.152. The first-order valence-electron chi connectivity index (χ1n) is 10.2. The number of carbonyl (C=O) groups excluding carboxylic acids is 1. The minimum Gasteiger partial charge on any atom is -0.341 e. The molecule has 3 nitrogen and oxygen atoms in total. The van der Waals surface area contributed by atoms with Crippen LogP contribution in [0.2, 0.25) is 0 Å². The third-order valence-corrected chi connectivity index (χ3v) is 5.42. The van der Waals surface area contributed by atoms with Crippen LogP contribution < -0.4 is 0 Å². The average molecular weight is 345 g/mol. The molecule has 1 unspecified atom stereocenters. The van der Waals surface area contributed by atoms with Crippen molar-refractivity contribution in [3.8, 4) is 0 Å². The summed E-state index contributed by atoms with van der Waals surface area (Å²) in [5, 5.41) is 0. The molecule has 0 N–H and O–H groups in total. The fourth-order valence-electron chi connectivity index (χ4n) is 3.83. The Labute approximate surface area is 154 Å². The normalized spacial score (nSPS) is 16.6. The van der Waals surface area contributed by atoms with Crippen LogP contribution >= 0.6 is 0 Å². The number of likely N-dealkylation sites (tertiary alicyclic amines) is 1. The lowest BCUT2D eigenvalue weighted by Crippen LogP contribution is -2.35. The molecule has 0 bridgehead atoms. The van der Waals surface area contributed by atoms with Crippen molar-refractivity contribution in [2.75, 3.05) is 33.2 Å². The molecule has 1 aromatic carbocycles. The van der Waals surface area contributed by atoms with Gasteiger partial charge >= 0.3 is 0 Å². The fourth-order valence-corrected chi connectivity index (χ4v) is 3.83. The van der Waals surface area contributed by atoms with Crippen LogP contribution in [-0.2, 0) is 0 Å². The Balaban J connectivity index is 1.85. The van der Waals surface area contributed by atoms with E-state index in [1.165, 1.54) is 71.0 Å². The number of piperidine rings is 1. The number of nitrogens with zero attached hydrogens (tertiary/aromatic N) is 2. The summed E-state index contributed by atoms with van der Waals surface area (Å²) in [5.41, 5.74) is 0.799. The van der Waals surface area contributed by atoms with Crippen molar-refractivity contribution in [3.05, 3.63) is 35.9 Å². The Bertz CT molecular complexity index is 482. The topological polar surface area (TPSA) is 23.6 Å². The monoisotopic (exact) mass is 344 g/mol. The largest absolute Gasteiger partial charge is 0.341 e. The van der Waals surface area contributed by atoms with Gasteiger partial charge in [-0.15, -0.1) is 0 Å². The van der Waals surface area contributed by atoms with Gasteiger partial charge in [-0.2, -0.15) is 0 Å². The lowest BCUT2D eigenvalue weighted by Gasteiger charge is -2.30. The number of carbonyl (C=O) groups is 1. The van der Waals surface area contributed by atoms with E-state index >= 15 is 0 Å². The van der Waals surface area contributed by atoms with Gasteiger partial charge in [0.15, 0.2) is 0 Å². The van der Waals surface area contributed by atoms with E-state index in [0.717, 1.165) is 12.1 Å². The molecule has 0 aliphatic carbocycles. The molecule has 2 rings (SSSR count). The van der Waals surface area contributed by atoms with Crippen LogP contribution in [0.4, 0.5) is 0 Å². The second-order valence-electron chi connectivity index (χ2n) is 7.60. The molecule has 1 aliphatic rings. The van der Waals surface area contributed by atoms with Crippen LogP contribution in [0.5, 0.6) is 0 Å². The van der Waals surface area contributed by atoms with Crippen molar-refractivity contribution >= 4 is 5.91 Å². The van der Waals surface area contributed by atoms with Gasteiger partial charge < -0.3 is 9.80 Å². The van der Waals surface area contributed by atoms with Gasteiger partial charge in [-0.1, -0.05) is 50.8 Å². The van der Waals surface area contributed by atoms with Crippen LogP contribution in [0.15, 0.2) is 30.3 Å². The number of hydrogen-bond donors (Lipinski definition) is 0. The van der Waals surface area contributed by atoms with Crippen molar-refractivity contribution < 1.29 is 4.79 Å². The maximum absolute atomic E-state index is 12.6. The molecule has 1 saturated heterocycles. The van der Waals surface area contributed by atoms with Crippen LogP contribution in [-0.4, -0.2) is 48.9 Å². The zero-order valence-electron chi connectivity index (χ0n) is 16.3. The molecule has 3 heteroatoms. The molecule has 1 aromatic rings. The average Bonchev–Trinajstić information content (AvgIpc) is 2.67. The molecule has 0 aromatic heterocycles. The van der Waals surface area contributed by atoms with Gasteiger partial charge in [0.25, 0.3) is 5.91 Å². The predicted molar refractivity (Wildman–Crippen MR) is 106 cm³/mol. The minimum absolute atomic E-state index is 0.152. The van der Waals surface area contributed by atoms with Crippen LogP contribution in [0, 0.1) is 5.92 Å². The maximum atomic E-state index is 12.6. The van der Waals surface area contributed by atoms with Crippen molar-refractivity contribution in [2.24, 2.45) is 5.92 Å². The molecule has 1 fully saturated rings. The van der Waals surface area contributed by atoms with Crippen molar-refractivity contribution in [1.29, 1.82) is 0 Å². The summed E-state index contributed by atoms with van der Waals surface area (Å²) >= 11 is 0. The Morgan fingerprint density at radius 1 is 1.08 bits per heavy atom. The van der Waals surface area contributed by atoms with E-state index in [-0.39, 0.29) is 5.91 Å². The first kappa shape index (κ1) is 20.0. The van der Waals surface area contributed by atoms with Crippen molar-refractivity contribution in [2.45, 2.75) is 58.3 Å². The highest BCUT2D eigenvalue weighted by molar-refractivity contribution is 5.93. The molecule has 1 aliphatic heterocycles. The van der Waals surface area contributed by atoms with E-state index < -0.39 is 0 Å². The van der Waals surface area contributed by atoms with Crippen LogP contribution in [0.1, 0.15) is 68.6 Å². The Morgan fingerprint density at radius 3 is 2.48 bits per heavy atom. The Kier molecular flexibility index (Phi) is 9.03. The number of rotatable bonds is 10. The highest BCUT2D eigenvalue weighted by Crippen LogP contribution is 2.18. The first-order valence-corrected chi connectivity index (χ1v) is 10.2. The SMILES string of the molecule is CCCCCC(CCN1CCCCC1)CN(C)C(=O)c1ccccc1. The highest BCUT2D eigenvalue weighted by atomic mass is 16.2. The number of benzene rings is 1. The second kappa shape index (κ2) is 11.3. The smallest absolute Gasteiger partial charge is 0.253 e. The maximum Gasteiger partial charge on any atom is 0.253 e. The van der Waals surface area contributed by atoms with E-state index in [0.29, 0.717) is 5.92 Å². The quantitative estimate of drug-likeness (QED) is 0.568. The third kappa shape index (κ3) is 7.19. The highest BCUT2D eigenvalue weighted by Gasteiger charge is 2.18. The predicted octanol–water partition coefficient (Wildman–Crippen LogP) is 4.83. The van der Waals surface area contributed by atoms with Crippen LogP contribution in [0.25, 0.3) is 0 Å². The van der Waals surface area contributed by atoms with E-state index in [1.54, 1.807) is 0 Å². The lowest BCUT2D eigenvalue weighted by atomic mass is 9.96. The van der Waals surface area contributed by atoms with Crippen LogP contribution in [0.3, 0.4) is 0 Å². The van der Waals surface area contributed by atoms with E-state index in [9.17, 15) is 4.79 Å². The van der Waals surface area contributed by atoms with Gasteiger partial charge in [-0.3, -0.25) is 4.79 Å². The van der Waals surface area contributed by atoms with Gasteiger partial charge in [-0.05, 0) is 63.4 Å². The third-order valence-electron chi connectivity index (χ3n) is 5.42. The molecule has 1 atom stereocenters. The zero-order valence-corrected chi connectivity index (χ0v) is 16.3. The standard InChI is InChI=1S/C22H36N2O/c1-3-4-7-12-20(15-18-24-16-10-6-11-17-24)19-23(2)22(25)21-13-8-5-9-14-21/h5,8-9,13-14,20H,3-4,6-7,10-12,15-19H2,1-2H3. The summed E-state index contributed by atoms with van der Waals surface area (Å²) in [6.07, 6.45) is 10.4. The summed E-state index contributed by atoms with van der Waals surface area (Å²) in [4.78, 5) is 17.2. The van der Waals surface area contributed by atoms with Gasteiger partial charge in [0.2, 0.25) is 0 Å². The molecule has 140 valence electrons. The number of unbranched alkanes of at least 4 members (excludes halogenated alkanes) is 2. The summed E-state index contributed by atoms with van der Waals surface area (Å²) in [7, 11) is 1.96. The lowest BCUT2D eigenvalue weighted by molar-refractivity contribution is 0.0760. The summed E-state index contributed by atoms with van der Waals surface area (Å²) in [6, 6.07) is 9.67. The second-order valence-corrected chi connectivity index (χ2v) is 7.60. The summed E-state index contributed by atoms with van der Waals surface area (Å²) in [5.74, 6) is 0.769. The van der Waals surface area contributed by atoms with E-state index in [2.05, 4.69) is 11.8 Å². The Morgan fingerprint density at radius 2 is 1.80 bits per heavy atom. The van der Waals surface area contributed by atoms with Gasteiger partial charge in [-0.25, -0.2) is 0 Å². The van der Waals surface area contributed by atoms with Crippen molar-refractivity contribution in [1.82, 2.24) is 9.80 Å². The van der Waals surface area contributed by atoms with Gasteiger partial charge in [0.05, 0.1) is 0 Å². The summed E-state index contributed by atoms with van der Waals surface area (Å²) in [6.45, 7) is 6.87. The van der Waals surface area contributed by atoms with Gasteiger partial charge in [0, 0.05) is 19.2 Å². The molecule has 0 saturated carbocycles. The first-order chi connectivity index (χ1) is 12.2. The molecule has 0 radical (unpaired) electrons. The van der Waals surface area contributed by atoms with E-state index in [1.807, 2.05) is 42.3 Å². The molecule has 1 amide bonds. The number of hydrogen-bond acceptors (Lipinski definition) is 2. The zero-order chi connectivity index (χ0) is 17.9. The summed E-state index contributed by atoms with van der Waals surface area (Å²) < 4.78 is 0. The molecule has 1 heterocycles. The van der Waals surface area contributed by atoms with Crippen molar-refractivity contribution in [3.63, 3.8) is 0 Å². The molecular formula is C22H36N2O. The molecule has 0 spiro atoms. The molecule has 25 heavy (non-hydrogen) atoms. The van der Waals surface area contributed by atoms with Gasteiger partial charge in [0.1, 0.15) is 0 Å². The fraction of sp³-hybridized carbons (Fsp3) is 0.682. The number of amides is 1. The Hall–Kier alpha value is -1.35.